The molecule has 0 aliphatic heterocycles. The van der Waals surface area contributed by atoms with Crippen LogP contribution in [0.4, 0.5) is 5.82 Å². The predicted molar refractivity (Wildman–Crippen MR) is 48.2 cm³/mol. The molecule has 1 aromatic rings. The molecule has 0 aliphatic carbocycles. The summed E-state index contributed by atoms with van der Waals surface area (Å²) in [5.41, 5.74) is 0.951. The van der Waals surface area contributed by atoms with Gasteiger partial charge in [0.2, 0.25) is 0 Å². The number of anilines is 1. The Morgan fingerprint density at radius 2 is 2.42 bits per heavy atom. The van der Waals surface area contributed by atoms with Gasteiger partial charge < -0.3 is 5.32 Å². The highest BCUT2D eigenvalue weighted by molar-refractivity contribution is 5.79. The average Bonchev–Trinajstić information content (AvgIpc) is 2.04. The highest BCUT2D eigenvalue weighted by Crippen LogP contribution is 2.10. The van der Waals surface area contributed by atoms with E-state index in [0.717, 1.165) is 11.4 Å². The van der Waals surface area contributed by atoms with Crippen molar-refractivity contribution in [1.82, 2.24) is 4.98 Å². The standard InChI is InChI=1S/C9H12N2O/c1-7(12)6-8-4-3-5-11-9(8)10-2/h3-5H,6H2,1-2H3,(H,10,11). The number of nitrogens with one attached hydrogen (secondary N) is 1. The summed E-state index contributed by atoms with van der Waals surface area (Å²) in [5.74, 6) is 0.937. The number of rotatable bonds is 3. The summed E-state index contributed by atoms with van der Waals surface area (Å²) in [6, 6.07) is 3.74. The maximum atomic E-state index is 10.8. The van der Waals surface area contributed by atoms with Crippen LogP contribution in [0, 0.1) is 0 Å². The van der Waals surface area contributed by atoms with E-state index in [1.54, 1.807) is 20.2 Å². The van der Waals surface area contributed by atoms with E-state index in [-0.39, 0.29) is 5.78 Å². The molecular formula is C9H12N2O. The summed E-state index contributed by atoms with van der Waals surface area (Å²) < 4.78 is 0. The van der Waals surface area contributed by atoms with Gasteiger partial charge in [0.15, 0.2) is 0 Å². The molecule has 0 saturated heterocycles. The second-order valence-corrected chi connectivity index (χ2v) is 2.64. The highest BCUT2D eigenvalue weighted by Gasteiger charge is 2.02. The van der Waals surface area contributed by atoms with E-state index in [0.29, 0.717) is 6.42 Å². The number of aromatic nitrogens is 1. The largest absolute Gasteiger partial charge is 0.373 e. The van der Waals surface area contributed by atoms with Crippen LogP contribution in [-0.4, -0.2) is 17.8 Å². The van der Waals surface area contributed by atoms with Crippen molar-refractivity contribution < 1.29 is 4.79 Å². The Balaban J connectivity index is 2.89. The number of Topliss-reactive ketones (excluding diaryl/α,β-unsaturated/α-hetero) is 1. The zero-order chi connectivity index (χ0) is 8.97. The molecule has 0 fully saturated rings. The van der Waals surface area contributed by atoms with E-state index in [1.165, 1.54) is 0 Å². The molecule has 1 N–H and O–H groups in total. The number of carbonyl (C=O) groups excluding carboxylic acids is 1. The quantitative estimate of drug-likeness (QED) is 0.731. The Hall–Kier alpha value is -1.38. The molecule has 12 heavy (non-hydrogen) atoms. The van der Waals surface area contributed by atoms with Gasteiger partial charge in [-0.2, -0.15) is 0 Å². The minimum Gasteiger partial charge on any atom is -0.373 e. The third-order valence-corrected chi connectivity index (χ3v) is 1.57. The van der Waals surface area contributed by atoms with E-state index >= 15 is 0 Å². The van der Waals surface area contributed by atoms with Crippen molar-refractivity contribution >= 4 is 11.6 Å². The van der Waals surface area contributed by atoms with Crippen molar-refractivity contribution in [2.24, 2.45) is 0 Å². The number of nitrogens with zero attached hydrogens (tertiary/aromatic N) is 1. The van der Waals surface area contributed by atoms with Crippen LogP contribution >= 0.6 is 0 Å². The van der Waals surface area contributed by atoms with Crippen molar-refractivity contribution in [2.45, 2.75) is 13.3 Å². The van der Waals surface area contributed by atoms with E-state index in [4.69, 9.17) is 0 Å². The molecule has 1 rings (SSSR count). The van der Waals surface area contributed by atoms with Crippen LogP contribution in [0.1, 0.15) is 12.5 Å². The molecule has 0 atom stereocenters. The Bertz CT molecular complexity index is 284. The lowest BCUT2D eigenvalue weighted by Crippen LogP contribution is -2.02. The lowest BCUT2D eigenvalue weighted by molar-refractivity contribution is -0.116. The topological polar surface area (TPSA) is 42.0 Å². The monoisotopic (exact) mass is 164 g/mol. The Morgan fingerprint density at radius 1 is 1.67 bits per heavy atom. The van der Waals surface area contributed by atoms with E-state index < -0.39 is 0 Å². The van der Waals surface area contributed by atoms with Crippen LogP contribution in [0.3, 0.4) is 0 Å². The molecule has 0 spiro atoms. The fourth-order valence-electron chi connectivity index (χ4n) is 1.07. The van der Waals surface area contributed by atoms with Crippen molar-refractivity contribution in [1.29, 1.82) is 0 Å². The second-order valence-electron chi connectivity index (χ2n) is 2.64. The lowest BCUT2D eigenvalue weighted by Gasteiger charge is -2.04. The van der Waals surface area contributed by atoms with Crippen LogP contribution in [0.5, 0.6) is 0 Å². The second kappa shape index (κ2) is 3.85. The van der Waals surface area contributed by atoms with Gasteiger partial charge in [0.1, 0.15) is 11.6 Å². The highest BCUT2D eigenvalue weighted by atomic mass is 16.1. The van der Waals surface area contributed by atoms with Crippen LogP contribution in [-0.2, 0) is 11.2 Å². The van der Waals surface area contributed by atoms with E-state index in [9.17, 15) is 4.79 Å². The number of carbonyl (C=O) groups is 1. The fraction of sp³-hybridized carbons (Fsp3) is 0.333. The lowest BCUT2D eigenvalue weighted by atomic mass is 10.1. The van der Waals surface area contributed by atoms with Crippen molar-refractivity contribution in [2.75, 3.05) is 12.4 Å². The zero-order valence-corrected chi connectivity index (χ0v) is 7.29. The van der Waals surface area contributed by atoms with Gasteiger partial charge in [-0.1, -0.05) is 6.07 Å². The number of hydrogen-bond donors (Lipinski definition) is 1. The molecule has 0 aromatic carbocycles. The molecular weight excluding hydrogens is 152 g/mol. The first-order chi connectivity index (χ1) is 5.74. The summed E-state index contributed by atoms with van der Waals surface area (Å²) in [6.07, 6.45) is 2.15. The third-order valence-electron chi connectivity index (χ3n) is 1.57. The smallest absolute Gasteiger partial charge is 0.134 e. The third kappa shape index (κ3) is 2.05. The molecule has 0 aliphatic rings. The molecule has 0 amide bonds. The van der Waals surface area contributed by atoms with Crippen molar-refractivity contribution in [3.63, 3.8) is 0 Å². The zero-order valence-electron chi connectivity index (χ0n) is 7.29. The molecule has 0 saturated carbocycles. The predicted octanol–water partition coefficient (Wildman–Crippen LogP) is 1.25. The first-order valence-corrected chi connectivity index (χ1v) is 3.85. The van der Waals surface area contributed by atoms with Crippen LogP contribution in [0.15, 0.2) is 18.3 Å². The molecule has 0 radical (unpaired) electrons. The maximum Gasteiger partial charge on any atom is 0.134 e. The minimum atomic E-state index is 0.152. The summed E-state index contributed by atoms with van der Waals surface area (Å²) in [7, 11) is 1.80. The van der Waals surface area contributed by atoms with Gasteiger partial charge in [0.05, 0.1) is 0 Å². The molecule has 1 heterocycles. The van der Waals surface area contributed by atoms with Crippen LogP contribution in [0.25, 0.3) is 0 Å². The summed E-state index contributed by atoms with van der Waals surface area (Å²) >= 11 is 0. The SMILES string of the molecule is CNc1ncccc1CC(C)=O. The van der Waals surface area contributed by atoms with Crippen LogP contribution in [0.2, 0.25) is 0 Å². The fourth-order valence-corrected chi connectivity index (χ4v) is 1.07. The average molecular weight is 164 g/mol. The molecule has 1 aromatic heterocycles. The normalized spacial score (nSPS) is 9.50. The van der Waals surface area contributed by atoms with Gasteiger partial charge in [-0.3, -0.25) is 4.79 Å². The first-order valence-electron chi connectivity index (χ1n) is 3.85. The summed E-state index contributed by atoms with van der Waals surface area (Å²) in [6.45, 7) is 1.58. The van der Waals surface area contributed by atoms with Gasteiger partial charge in [0.25, 0.3) is 0 Å². The molecule has 0 bridgehead atoms. The van der Waals surface area contributed by atoms with Crippen molar-refractivity contribution in [3.8, 4) is 0 Å². The Morgan fingerprint density at radius 3 is 3.00 bits per heavy atom. The maximum absolute atomic E-state index is 10.8. The summed E-state index contributed by atoms with van der Waals surface area (Å²) in [4.78, 5) is 14.9. The van der Waals surface area contributed by atoms with Gasteiger partial charge >= 0.3 is 0 Å². The number of ketones is 1. The van der Waals surface area contributed by atoms with Gasteiger partial charge in [-0.05, 0) is 13.0 Å². The summed E-state index contributed by atoms with van der Waals surface area (Å²) in [5, 5.41) is 2.94. The Labute approximate surface area is 71.8 Å². The minimum absolute atomic E-state index is 0.152. The molecule has 0 unspecified atom stereocenters. The number of hydrogen-bond acceptors (Lipinski definition) is 3. The molecule has 3 heteroatoms. The number of pyridine rings is 1. The van der Waals surface area contributed by atoms with Crippen LogP contribution < -0.4 is 5.32 Å². The van der Waals surface area contributed by atoms with E-state index in [2.05, 4.69) is 10.3 Å². The molecule has 3 nitrogen and oxygen atoms in total. The van der Waals surface area contributed by atoms with Gasteiger partial charge in [-0.25, -0.2) is 4.98 Å². The molecule has 64 valence electrons. The van der Waals surface area contributed by atoms with Crippen molar-refractivity contribution in [3.05, 3.63) is 23.9 Å². The van der Waals surface area contributed by atoms with Gasteiger partial charge in [0, 0.05) is 25.2 Å². The van der Waals surface area contributed by atoms with Gasteiger partial charge in [-0.15, -0.1) is 0 Å². The Kier molecular flexibility index (Phi) is 2.80. The van der Waals surface area contributed by atoms with E-state index in [1.807, 2.05) is 12.1 Å². The first kappa shape index (κ1) is 8.71.